The Hall–Kier alpha value is -1.82. The molecule has 0 atom stereocenters. The minimum absolute atomic E-state index is 0.0669. The molecule has 1 saturated heterocycles. The summed E-state index contributed by atoms with van der Waals surface area (Å²) in [6, 6.07) is 18.4. The molecule has 2 N–H and O–H groups in total. The first-order chi connectivity index (χ1) is 13.3. The number of hydrogen-bond donors (Lipinski definition) is 1. The Morgan fingerprint density at radius 2 is 1.67 bits per heavy atom. The minimum atomic E-state index is 0.0669. The van der Waals surface area contributed by atoms with Gasteiger partial charge in [0.1, 0.15) is 0 Å². The van der Waals surface area contributed by atoms with Crippen LogP contribution in [0, 0.1) is 0 Å². The lowest BCUT2D eigenvalue weighted by Crippen LogP contribution is -2.37. The molecule has 5 heteroatoms. The number of thioether (sulfide) groups is 1. The smallest absolute Gasteiger partial charge is 0.253 e. The number of rotatable bonds is 8. The van der Waals surface area contributed by atoms with Crippen molar-refractivity contribution in [3.8, 4) is 0 Å². The summed E-state index contributed by atoms with van der Waals surface area (Å²) >= 11 is 2.02. The molecule has 1 amide bonds. The van der Waals surface area contributed by atoms with Gasteiger partial charge in [0, 0.05) is 56.3 Å². The van der Waals surface area contributed by atoms with Crippen LogP contribution in [-0.2, 0) is 13.0 Å². The van der Waals surface area contributed by atoms with Crippen LogP contribution in [0.15, 0.2) is 54.6 Å². The van der Waals surface area contributed by atoms with Crippen molar-refractivity contribution >= 4 is 17.7 Å². The van der Waals surface area contributed by atoms with Gasteiger partial charge >= 0.3 is 0 Å². The van der Waals surface area contributed by atoms with E-state index in [0.717, 1.165) is 31.6 Å². The highest BCUT2D eigenvalue weighted by molar-refractivity contribution is 7.99. The summed E-state index contributed by atoms with van der Waals surface area (Å²) in [7, 11) is 0. The maximum Gasteiger partial charge on any atom is 0.253 e. The Bertz CT molecular complexity index is 699. The molecule has 0 unspecified atom stereocenters. The van der Waals surface area contributed by atoms with Crippen LogP contribution in [0.4, 0.5) is 0 Å². The van der Waals surface area contributed by atoms with Crippen LogP contribution < -0.4 is 5.73 Å². The van der Waals surface area contributed by atoms with Crippen LogP contribution in [0.2, 0.25) is 0 Å². The van der Waals surface area contributed by atoms with Crippen molar-refractivity contribution in [1.29, 1.82) is 0 Å². The van der Waals surface area contributed by atoms with Crippen molar-refractivity contribution in [1.82, 2.24) is 9.80 Å². The van der Waals surface area contributed by atoms with E-state index in [1.165, 1.54) is 22.6 Å². The van der Waals surface area contributed by atoms with Gasteiger partial charge in [0.25, 0.3) is 5.91 Å². The molecule has 0 aliphatic carbocycles. The SMILES string of the molecule is NCCN(CCc1ccccc1)C(=O)c1ccc(CN2CCSCC2)cc1. The van der Waals surface area contributed by atoms with Crippen LogP contribution in [-0.4, -0.2) is 59.9 Å². The van der Waals surface area contributed by atoms with Gasteiger partial charge in [0.2, 0.25) is 0 Å². The Kier molecular flexibility index (Phi) is 7.75. The van der Waals surface area contributed by atoms with Gasteiger partial charge in [-0.05, 0) is 29.7 Å². The van der Waals surface area contributed by atoms with Crippen LogP contribution in [0.3, 0.4) is 0 Å². The van der Waals surface area contributed by atoms with Gasteiger partial charge < -0.3 is 10.6 Å². The summed E-state index contributed by atoms with van der Waals surface area (Å²) in [5.41, 5.74) is 9.00. The van der Waals surface area contributed by atoms with Crippen molar-refractivity contribution in [3.05, 3.63) is 71.3 Å². The number of nitrogens with zero attached hydrogens (tertiary/aromatic N) is 2. The maximum absolute atomic E-state index is 12.9. The maximum atomic E-state index is 12.9. The normalized spacial score (nSPS) is 14.9. The molecule has 1 aliphatic heterocycles. The van der Waals surface area contributed by atoms with Crippen molar-refractivity contribution in [2.24, 2.45) is 5.73 Å². The first-order valence-corrected chi connectivity index (χ1v) is 10.8. The molecule has 2 aromatic carbocycles. The van der Waals surface area contributed by atoms with E-state index >= 15 is 0 Å². The summed E-state index contributed by atoms with van der Waals surface area (Å²) in [4.78, 5) is 17.3. The second-order valence-corrected chi connectivity index (χ2v) is 8.13. The number of nitrogens with two attached hydrogens (primary N) is 1. The third kappa shape index (κ3) is 6.09. The second kappa shape index (κ2) is 10.5. The highest BCUT2D eigenvalue weighted by Gasteiger charge is 2.16. The summed E-state index contributed by atoms with van der Waals surface area (Å²) in [5.74, 6) is 2.50. The largest absolute Gasteiger partial charge is 0.337 e. The molecule has 2 aromatic rings. The molecule has 144 valence electrons. The third-order valence-electron chi connectivity index (χ3n) is 4.91. The lowest BCUT2D eigenvalue weighted by molar-refractivity contribution is 0.0762. The highest BCUT2D eigenvalue weighted by Crippen LogP contribution is 2.14. The highest BCUT2D eigenvalue weighted by atomic mass is 32.2. The van der Waals surface area contributed by atoms with E-state index in [1.807, 2.05) is 47.0 Å². The molecule has 1 fully saturated rings. The Labute approximate surface area is 166 Å². The Morgan fingerprint density at radius 1 is 0.963 bits per heavy atom. The summed E-state index contributed by atoms with van der Waals surface area (Å²) < 4.78 is 0. The number of benzene rings is 2. The van der Waals surface area contributed by atoms with E-state index in [0.29, 0.717) is 19.6 Å². The fourth-order valence-corrected chi connectivity index (χ4v) is 4.31. The van der Waals surface area contributed by atoms with Gasteiger partial charge in [-0.15, -0.1) is 0 Å². The van der Waals surface area contributed by atoms with Crippen LogP contribution >= 0.6 is 11.8 Å². The molecule has 27 heavy (non-hydrogen) atoms. The predicted molar refractivity (Wildman–Crippen MR) is 114 cm³/mol. The lowest BCUT2D eigenvalue weighted by atomic mass is 10.1. The first kappa shape index (κ1) is 19.9. The van der Waals surface area contributed by atoms with Gasteiger partial charge in [0.15, 0.2) is 0 Å². The average Bonchev–Trinajstić information content (AvgIpc) is 2.73. The molecule has 0 bridgehead atoms. The Balaban J connectivity index is 1.59. The van der Waals surface area contributed by atoms with E-state index in [1.54, 1.807) is 0 Å². The molecule has 0 spiro atoms. The monoisotopic (exact) mass is 383 g/mol. The van der Waals surface area contributed by atoms with E-state index in [-0.39, 0.29) is 5.91 Å². The second-order valence-electron chi connectivity index (χ2n) is 6.90. The van der Waals surface area contributed by atoms with Crippen molar-refractivity contribution in [3.63, 3.8) is 0 Å². The summed E-state index contributed by atoms with van der Waals surface area (Å²) in [5, 5.41) is 0. The van der Waals surface area contributed by atoms with Crippen molar-refractivity contribution in [2.45, 2.75) is 13.0 Å². The van der Waals surface area contributed by atoms with Gasteiger partial charge in [-0.1, -0.05) is 42.5 Å². The molecule has 1 heterocycles. The van der Waals surface area contributed by atoms with Crippen LogP contribution in [0.1, 0.15) is 21.5 Å². The van der Waals surface area contributed by atoms with E-state index in [2.05, 4.69) is 29.2 Å². The molecule has 0 radical (unpaired) electrons. The zero-order valence-corrected chi connectivity index (χ0v) is 16.7. The predicted octanol–water partition coefficient (Wildman–Crippen LogP) is 2.88. The molecule has 3 rings (SSSR count). The van der Waals surface area contributed by atoms with E-state index in [4.69, 9.17) is 5.73 Å². The fourth-order valence-electron chi connectivity index (χ4n) is 3.33. The third-order valence-corrected chi connectivity index (χ3v) is 5.85. The fraction of sp³-hybridized carbons (Fsp3) is 0.409. The molecule has 1 aliphatic rings. The molecule has 4 nitrogen and oxygen atoms in total. The standard InChI is InChI=1S/C22H29N3OS/c23-11-13-25(12-10-19-4-2-1-3-5-19)22(26)21-8-6-20(7-9-21)18-24-14-16-27-17-15-24/h1-9H,10-18,23H2. The first-order valence-electron chi connectivity index (χ1n) is 9.68. The molecular formula is C22H29N3OS. The zero-order chi connectivity index (χ0) is 18.9. The number of hydrogen-bond acceptors (Lipinski definition) is 4. The summed E-state index contributed by atoms with van der Waals surface area (Å²) in [6.07, 6.45) is 0.845. The van der Waals surface area contributed by atoms with Crippen molar-refractivity contribution < 1.29 is 4.79 Å². The van der Waals surface area contributed by atoms with Gasteiger partial charge in [0.05, 0.1) is 0 Å². The lowest BCUT2D eigenvalue weighted by Gasteiger charge is -2.26. The number of amides is 1. The van der Waals surface area contributed by atoms with Crippen LogP contribution in [0.25, 0.3) is 0 Å². The topological polar surface area (TPSA) is 49.6 Å². The number of carbonyl (C=O) groups is 1. The summed E-state index contributed by atoms with van der Waals surface area (Å²) in [6.45, 7) is 5.01. The van der Waals surface area contributed by atoms with Crippen LogP contribution in [0.5, 0.6) is 0 Å². The molecule has 0 aromatic heterocycles. The van der Waals surface area contributed by atoms with E-state index in [9.17, 15) is 4.79 Å². The van der Waals surface area contributed by atoms with Gasteiger partial charge in [-0.3, -0.25) is 9.69 Å². The minimum Gasteiger partial charge on any atom is -0.337 e. The Morgan fingerprint density at radius 3 is 2.33 bits per heavy atom. The van der Waals surface area contributed by atoms with E-state index < -0.39 is 0 Å². The van der Waals surface area contributed by atoms with Gasteiger partial charge in [-0.2, -0.15) is 11.8 Å². The quantitative estimate of drug-likeness (QED) is 0.762. The van der Waals surface area contributed by atoms with Gasteiger partial charge in [-0.25, -0.2) is 0 Å². The van der Waals surface area contributed by atoms with Crippen molar-refractivity contribution in [2.75, 3.05) is 44.2 Å². The average molecular weight is 384 g/mol. The molecular weight excluding hydrogens is 354 g/mol. The number of carbonyl (C=O) groups excluding carboxylic acids is 1. The zero-order valence-electron chi connectivity index (χ0n) is 15.8. The molecule has 0 saturated carbocycles.